The number of carbonyl (C=O) groups excluding carboxylic acids is 2. The Kier molecular flexibility index (Phi) is 9.11. The smallest absolute Gasteiger partial charge is 0.258 e. The molecule has 0 aliphatic carbocycles. The molecule has 256 valence electrons. The Labute approximate surface area is 283 Å². The van der Waals surface area contributed by atoms with Gasteiger partial charge in [-0.15, -0.1) is 0 Å². The van der Waals surface area contributed by atoms with Gasteiger partial charge in [0.05, 0.1) is 10.5 Å². The summed E-state index contributed by atoms with van der Waals surface area (Å²) >= 11 is 0. The Bertz CT molecular complexity index is 2180. The summed E-state index contributed by atoms with van der Waals surface area (Å²) in [6.07, 6.45) is 0.757. The van der Waals surface area contributed by atoms with Gasteiger partial charge in [0.25, 0.3) is 5.91 Å². The summed E-state index contributed by atoms with van der Waals surface area (Å²) in [6.45, 7) is 0.118. The molecule has 0 aromatic heterocycles. The van der Waals surface area contributed by atoms with E-state index in [-0.39, 0.29) is 37.5 Å². The van der Waals surface area contributed by atoms with Crippen molar-refractivity contribution in [3.8, 4) is 17.2 Å². The topological polar surface area (TPSA) is 208 Å². The predicted octanol–water partition coefficient (Wildman–Crippen LogP) is 2.12. The van der Waals surface area contributed by atoms with Crippen LogP contribution < -0.4 is 10.5 Å². The average Bonchev–Trinajstić information content (AvgIpc) is 3.09. The summed E-state index contributed by atoms with van der Waals surface area (Å²) in [7, 11) is -8.68. The Hall–Kier alpha value is -4.96. The summed E-state index contributed by atoms with van der Waals surface area (Å²) in [5, 5.41) is 31.9. The van der Waals surface area contributed by atoms with Gasteiger partial charge in [-0.25, -0.2) is 16.8 Å². The molecule has 13 nitrogen and oxygen atoms in total. The number of amides is 2. The molecule has 1 atom stereocenters. The molecule has 49 heavy (non-hydrogen) atoms. The molecule has 2 aliphatic rings. The molecule has 0 spiro atoms. The Balaban J connectivity index is 1.25. The zero-order valence-corrected chi connectivity index (χ0v) is 27.7. The monoisotopic (exact) mass is 706 g/mol. The van der Waals surface area contributed by atoms with Gasteiger partial charge in [0, 0.05) is 26.2 Å². The van der Waals surface area contributed by atoms with Crippen LogP contribution in [0.5, 0.6) is 17.2 Å². The van der Waals surface area contributed by atoms with Crippen LogP contribution in [0.25, 0.3) is 0 Å². The number of sulfonamides is 2. The molecule has 4 aromatic rings. The molecule has 0 fully saturated rings. The molecule has 6 N–H and O–H groups in total. The van der Waals surface area contributed by atoms with Crippen molar-refractivity contribution in [1.29, 1.82) is 0 Å². The first kappa shape index (κ1) is 33.9. The van der Waals surface area contributed by atoms with Gasteiger partial charge in [-0.05, 0) is 65.3 Å². The van der Waals surface area contributed by atoms with Crippen molar-refractivity contribution in [1.82, 2.24) is 13.9 Å². The van der Waals surface area contributed by atoms with Crippen molar-refractivity contribution in [3.05, 3.63) is 112 Å². The van der Waals surface area contributed by atoms with Crippen LogP contribution in [-0.2, 0) is 57.2 Å². The third-order valence-electron chi connectivity index (χ3n) is 8.87. The van der Waals surface area contributed by atoms with Crippen LogP contribution >= 0.6 is 0 Å². The second kappa shape index (κ2) is 13.2. The number of primary amides is 1. The highest BCUT2D eigenvalue weighted by molar-refractivity contribution is 7.89. The highest BCUT2D eigenvalue weighted by Gasteiger charge is 2.36. The van der Waals surface area contributed by atoms with E-state index in [1.54, 1.807) is 48.5 Å². The van der Waals surface area contributed by atoms with Crippen LogP contribution in [0.3, 0.4) is 0 Å². The molecule has 0 radical (unpaired) electrons. The number of carbonyl (C=O) groups is 2. The van der Waals surface area contributed by atoms with Gasteiger partial charge in [-0.2, -0.15) is 9.03 Å². The molecule has 4 aromatic carbocycles. The van der Waals surface area contributed by atoms with E-state index in [9.17, 15) is 41.7 Å². The molecular formula is C34H34N4O9S2. The fourth-order valence-electron chi connectivity index (χ4n) is 6.15. The number of hydrogen-bond donors (Lipinski definition) is 5. The highest BCUT2D eigenvalue weighted by atomic mass is 32.2. The number of hydrogen-bond acceptors (Lipinski definition) is 9. The van der Waals surface area contributed by atoms with Gasteiger partial charge >= 0.3 is 0 Å². The average molecular weight is 707 g/mol. The van der Waals surface area contributed by atoms with Crippen molar-refractivity contribution < 1.29 is 41.7 Å². The second-order valence-electron chi connectivity index (χ2n) is 12.0. The zero-order valence-electron chi connectivity index (χ0n) is 26.1. The van der Waals surface area contributed by atoms with Crippen LogP contribution in [0.1, 0.15) is 38.2 Å². The van der Waals surface area contributed by atoms with E-state index >= 15 is 0 Å². The van der Waals surface area contributed by atoms with Gasteiger partial charge in [0.1, 0.15) is 10.9 Å². The minimum Gasteiger partial charge on any atom is -0.504 e. The molecule has 2 aliphatic heterocycles. The van der Waals surface area contributed by atoms with Crippen molar-refractivity contribution in [2.24, 2.45) is 5.73 Å². The van der Waals surface area contributed by atoms with Gasteiger partial charge in [0.2, 0.25) is 31.7 Å². The molecular weight excluding hydrogens is 673 g/mol. The quantitative estimate of drug-likeness (QED) is 0.161. The molecule has 15 heteroatoms. The minimum atomic E-state index is -4.43. The summed E-state index contributed by atoms with van der Waals surface area (Å²) < 4.78 is 57.6. The third-order valence-corrected chi connectivity index (χ3v) is 12.2. The predicted molar refractivity (Wildman–Crippen MR) is 178 cm³/mol. The number of nitrogens with zero attached hydrogens (tertiary/aromatic N) is 2. The lowest BCUT2D eigenvalue weighted by Gasteiger charge is -2.30. The molecule has 0 saturated heterocycles. The fourth-order valence-corrected chi connectivity index (χ4v) is 8.93. The van der Waals surface area contributed by atoms with E-state index in [1.165, 1.54) is 17.0 Å². The molecule has 2 heterocycles. The maximum atomic E-state index is 13.8. The number of nitrogens with one attached hydrogen (secondary N) is 1. The molecule has 0 saturated carbocycles. The first-order valence-corrected chi connectivity index (χ1v) is 18.3. The second-order valence-corrected chi connectivity index (χ2v) is 15.6. The van der Waals surface area contributed by atoms with E-state index in [0.29, 0.717) is 24.0 Å². The lowest BCUT2D eigenvalue weighted by Crippen LogP contribution is -2.45. The molecule has 6 rings (SSSR count). The van der Waals surface area contributed by atoms with Gasteiger partial charge in [-0.1, -0.05) is 60.7 Å². The summed E-state index contributed by atoms with van der Waals surface area (Å²) in [5.74, 6) is -4.93. The van der Waals surface area contributed by atoms with Crippen LogP contribution in [0, 0.1) is 0 Å². The minimum absolute atomic E-state index is 0.0122. The number of phenolic OH excluding ortho intramolecular Hbond substituents is 3. The van der Waals surface area contributed by atoms with E-state index in [0.717, 1.165) is 27.1 Å². The van der Waals surface area contributed by atoms with Crippen molar-refractivity contribution in [2.45, 2.75) is 48.2 Å². The standard InChI is InChI=1S/C34H34N4O9S2/c35-33(42)28(16-21-6-2-1-3-7-21)36-48(44,45)26-11-10-23-12-14-37(19-25(23)17-26)34(43)27-18-29(31(40)32(41)30(27)39)49(46,47)38-15-13-22-8-4-5-9-24(22)20-38/h1-11,17-18,28,36,39-41H,12-16,19-20H2,(H2,35,42)/t28-/m0/s1. The molecule has 2 amide bonds. The Morgan fingerprint density at radius 2 is 1.41 bits per heavy atom. The molecule has 0 unspecified atom stereocenters. The third kappa shape index (κ3) is 6.70. The van der Waals surface area contributed by atoms with Gasteiger partial charge in [0.15, 0.2) is 11.5 Å². The maximum Gasteiger partial charge on any atom is 0.258 e. The van der Waals surface area contributed by atoms with Crippen molar-refractivity contribution >= 4 is 31.9 Å². The highest BCUT2D eigenvalue weighted by Crippen LogP contribution is 2.44. The zero-order chi connectivity index (χ0) is 35.1. The van der Waals surface area contributed by atoms with E-state index < -0.39 is 65.6 Å². The number of nitrogens with two attached hydrogens (primary N) is 1. The van der Waals surface area contributed by atoms with Crippen LogP contribution in [-0.4, -0.2) is 72.3 Å². The van der Waals surface area contributed by atoms with E-state index in [1.807, 2.05) is 12.1 Å². The lowest BCUT2D eigenvalue weighted by molar-refractivity contribution is -0.119. The van der Waals surface area contributed by atoms with E-state index in [4.69, 9.17) is 5.73 Å². The number of benzene rings is 4. The van der Waals surface area contributed by atoms with Crippen LogP contribution in [0.15, 0.2) is 88.7 Å². The SMILES string of the molecule is NC(=O)[C@H](Cc1ccccc1)NS(=O)(=O)c1ccc2c(c1)CN(C(=O)c1cc(S(=O)(=O)N3CCc4ccccc4C3)c(O)c(O)c1O)CC2. The number of rotatable bonds is 9. The normalized spacial score (nSPS) is 15.6. The summed E-state index contributed by atoms with van der Waals surface area (Å²) in [4.78, 5) is 26.3. The maximum absolute atomic E-state index is 13.8. The fraction of sp³-hybridized carbons (Fsp3) is 0.235. The van der Waals surface area contributed by atoms with Crippen LogP contribution in [0.4, 0.5) is 0 Å². The molecule has 0 bridgehead atoms. The van der Waals surface area contributed by atoms with Gasteiger partial charge in [-0.3, -0.25) is 9.59 Å². The van der Waals surface area contributed by atoms with Crippen molar-refractivity contribution in [2.75, 3.05) is 13.1 Å². The van der Waals surface area contributed by atoms with Gasteiger partial charge < -0.3 is 26.0 Å². The van der Waals surface area contributed by atoms with Crippen LogP contribution in [0.2, 0.25) is 0 Å². The first-order valence-electron chi connectivity index (χ1n) is 15.4. The summed E-state index contributed by atoms with van der Waals surface area (Å²) in [5.41, 5.74) is 8.65. The number of aromatic hydroxyl groups is 3. The number of phenols is 3. The number of fused-ring (bicyclic) bond motifs is 2. The Morgan fingerprint density at radius 1 is 0.755 bits per heavy atom. The van der Waals surface area contributed by atoms with E-state index in [2.05, 4.69) is 4.72 Å². The van der Waals surface area contributed by atoms with Crippen molar-refractivity contribution in [3.63, 3.8) is 0 Å². The first-order chi connectivity index (χ1) is 23.3. The largest absolute Gasteiger partial charge is 0.504 e. The summed E-state index contributed by atoms with van der Waals surface area (Å²) in [6, 6.07) is 20.1. The Morgan fingerprint density at radius 3 is 2.12 bits per heavy atom. The lowest BCUT2D eigenvalue weighted by atomic mass is 9.99.